The van der Waals surface area contributed by atoms with Gasteiger partial charge in [-0.05, 0) is 11.6 Å². The number of carbonyl (C=O) groups is 2. The van der Waals surface area contributed by atoms with Gasteiger partial charge in [0.2, 0.25) is 5.91 Å². The van der Waals surface area contributed by atoms with Crippen molar-refractivity contribution in [1.29, 1.82) is 0 Å². The van der Waals surface area contributed by atoms with Gasteiger partial charge in [-0.3, -0.25) is 14.2 Å². The highest BCUT2D eigenvalue weighted by Crippen LogP contribution is 2.26. The summed E-state index contributed by atoms with van der Waals surface area (Å²) in [4.78, 5) is 23.1. The van der Waals surface area contributed by atoms with E-state index < -0.39 is 17.8 Å². The lowest BCUT2D eigenvalue weighted by Crippen LogP contribution is -2.25. The predicted octanol–water partition coefficient (Wildman–Crippen LogP) is 2.01. The molecule has 4 nitrogen and oxygen atoms in total. The Hall–Kier alpha value is -2.36. The molecule has 3 rings (SSSR count). The number of hydrogen-bond donors (Lipinski definition) is 1. The first-order valence-electron chi connectivity index (χ1n) is 5.24. The number of para-hydroxylation sites is 1. The lowest BCUT2D eigenvalue weighted by molar-refractivity contribution is -0.138. The van der Waals surface area contributed by atoms with Crippen LogP contribution >= 0.6 is 0 Å². The maximum absolute atomic E-state index is 12.1. The van der Waals surface area contributed by atoms with Gasteiger partial charge in [-0.2, -0.15) is 0 Å². The zero-order valence-electron chi connectivity index (χ0n) is 8.83. The fourth-order valence-corrected chi connectivity index (χ4v) is 2.16. The van der Waals surface area contributed by atoms with Crippen LogP contribution in [-0.4, -0.2) is 21.6 Å². The van der Waals surface area contributed by atoms with Crippen molar-refractivity contribution in [2.75, 3.05) is 0 Å². The third kappa shape index (κ3) is 1.30. The summed E-state index contributed by atoms with van der Waals surface area (Å²) in [6, 6.07) is 7.47. The second kappa shape index (κ2) is 3.31. The van der Waals surface area contributed by atoms with E-state index >= 15 is 0 Å². The molecule has 0 aliphatic carbocycles. The number of carboxylic acids is 1. The van der Waals surface area contributed by atoms with E-state index in [0.717, 1.165) is 16.5 Å². The molecule has 1 aromatic carbocycles. The first kappa shape index (κ1) is 9.84. The molecule has 0 amide bonds. The van der Waals surface area contributed by atoms with Gasteiger partial charge >= 0.3 is 5.97 Å². The maximum atomic E-state index is 12.1. The smallest absolute Gasteiger partial charge is 0.320 e. The first-order chi connectivity index (χ1) is 8.18. The zero-order chi connectivity index (χ0) is 12.0. The molecule has 0 bridgehead atoms. The number of aliphatic carboxylic acids is 1. The molecule has 0 saturated carbocycles. The fourth-order valence-electron chi connectivity index (χ4n) is 2.16. The van der Waals surface area contributed by atoms with Crippen LogP contribution in [0, 0.1) is 5.92 Å². The molecule has 17 heavy (non-hydrogen) atoms. The summed E-state index contributed by atoms with van der Waals surface area (Å²) >= 11 is 0. The Bertz CT molecular complexity index is 666. The Kier molecular flexibility index (Phi) is 1.92. The van der Waals surface area contributed by atoms with Gasteiger partial charge in [0.25, 0.3) is 0 Å². The largest absolute Gasteiger partial charge is 0.480 e. The van der Waals surface area contributed by atoms with Gasteiger partial charge in [0.05, 0.1) is 5.52 Å². The number of nitrogens with zero attached hydrogens (tertiary/aromatic N) is 1. The molecule has 0 fully saturated rings. The number of benzene rings is 1. The number of carbonyl (C=O) groups excluding carboxylic acids is 1. The fraction of sp³-hybridized carbons (Fsp3) is 0.0769. The second-order valence-electron chi connectivity index (χ2n) is 3.98. The average Bonchev–Trinajstić information content (AvgIpc) is 2.66. The van der Waals surface area contributed by atoms with E-state index in [2.05, 4.69) is 0 Å². The lowest BCUT2D eigenvalue weighted by Gasteiger charge is -2.06. The summed E-state index contributed by atoms with van der Waals surface area (Å²) in [6.07, 6.45) is 4.76. The Morgan fingerprint density at radius 2 is 2.12 bits per heavy atom. The van der Waals surface area contributed by atoms with Crippen LogP contribution in [0.2, 0.25) is 0 Å². The number of rotatable bonds is 1. The molecular formula is C13H9NO3. The standard InChI is InChI=1S/C13H9NO3/c15-12-10(13(16)17)5-4-8-2-1-3-9-6-7-14(12)11(8)9/h1-7,10H,(H,16,17). The number of carboxylic acid groups (broad SMARTS) is 1. The van der Waals surface area contributed by atoms with Gasteiger partial charge in [-0.25, -0.2) is 0 Å². The third-order valence-corrected chi connectivity index (χ3v) is 2.98. The summed E-state index contributed by atoms with van der Waals surface area (Å²) in [6.45, 7) is 0. The lowest BCUT2D eigenvalue weighted by atomic mass is 10.1. The van der Waals surface area contributed by atoms with Gasteiger partial charge in [-0.1, -0.05) is 30.4 Å². The SMILES string of the molecule is O=C(O)C1C=Cc2cccc3ccn(c23)C1=O. The van der Waals surface area contributed by atoms with Crippen LogP contribution in [0.3, 0.4) is 0 Å². The van der Waals surface area contributed by atoms with Crippen LogP contribution in [0.1, 0.15) is 10.4 Å². The van der Waals surface area contributed by atoms with Crippen LogP contribution in [-0.2, 0) is 4.79 Å². The van der Waals surface area contributed by atoms with Crippen molar-refractivity contribution in [3.8, 4) is 0 Å². The van der Waals surface area contributed by atoms with Crippen LogP contribution in [0.4, 0.5) is 0 Å². The van der Waals surface area contributed by atoms with Crippen molar-refractivity contribution in [2.45, 2.75) is 0 Å². The van der Waals surface area contributed by atoms with Crippen molar-refractivity contribution in [3.63, 3.8) is 0 Å². The monoisotopic (exact) mass is 227 g/mol. The average molecular weight is 227 g/mol. The second-order valence-corrected chi connectivity index (χ2v) is 3.98. The van der Waals surface area contributed by atoms with Crippen molar-refractivity contribution < 1.29 is 14.7 Å². The van der Waals surface area contributed by atoms with Gasteiger partial charge in [0, 0.05) is 11.6 Å². The van der Waals surface area contributed by atoms with Crippen LogP contribution in [0.25, 0.3) is 17.0 Å². The summed E-state index contributed by atoms with van der Waals surface area (Å²) in [7, 11) is 0. The Labute approximate surface area is 96.8 Å². The molecular weight excluding hydrogens is 218 g/mol. The number of hydrogen-bond acceptors (Lipinski definition) is 2. The Balaban J connectivity index is 2.34. The van der Waals surface area contributed by atoms with E-state index in [1.165, 1.54) is 10.6 Å². The highest BCUT2D eigenvalue weighted by molar-refractivity contribution is 6.07. The number of aromatic nitrogens is 1. The Morgan fingerprint density at radius 3 is 2.88 bits per heavy atom. The van der Waals surface area contributed by atoms with E-state index in [9.17, 15) is 9.59 Å². The zero-order valence-corrected chi connectivity index (χ0v) is 8.83. The third-order valence-electron chi connectivity index (χ3n) is 2.98. The molecule has 1 aliphatic heterocycles. The molecule has 1 aromatic heterocycles. The molecule has 0 spiro atoms. The van der Waals surface area contributed by atoms with E-state index in [1.807, 2.05) is 24.3 Å². The topological polar surface area (TPSA) is 59.3 Å². The van der Waals surface area contributed by atoms with Gasteiger partial charge in [0.1, 0.15) is 0 Å². The van der Waals surface area contributed by atoms with Gasteiger partial charge in [0.15, 0.2) is 5.92 Å². The van der Waals surface area contributed by atoms with E-state index in [1.54, 1.807) is 12.3 Å². The summed E-state index contributed by atoms with van der Waals surface area (Å²) in [5.41, 5.74) is 1.64. The summed E-state index contributed by atoms with van der Waals surface area (Å²) in [5, 5.41) is 9.96. The predicted molar refractivity (Wildman–Crippen MR) is 62.7 cm³/mol. The molecule has 1 unspecified atom stereocenters. The molecule has 0 saturated heterocycles. The van der Waals surface area contributed by atoms with Crippen LogP contribution in [0.15, 0.2) is 36.5 Å². The van der Waals surface area contributed by atoms with Gasteiger partial charge in [-0.15, -0.1) is 0 Å². The van der Waals surface area contributed by atoms with Crippen molar-refractivity contribution in [1.82, 2.24) is 4.57 Å². The van der Waals surface area contributed by atoms with Crippen LogP contribution in [0.5, 0.6) is 0 Å². The van der Waals surface area contributed by atoms with Crippen molar-refractivity contribution >= 4 is 28.9 Å². The molecule has 4 heteroatoms. The molecule has 84 valence electrons. The molecule has 2 heterocycles. The maximum Gasteiger partial charge on any atom is 0.320 e. The minimum Gasteiger partial charge on any atom is -0.480 e. The molecule has 1 N–H and O–H groups in total. The van der Waals surface area contributed by atoms with Crippen LogP contribution < -0.4 is 0 Å². The van der Waals surface area contributed by atoms with E-state index in [4.69, 9.17) is 5.11 Å². The summed E-state index contributed by atoms with van der Waals surface area (Å²) < 4.78 is 1.42. The quantitative estimate of drug-likeness (QED) is 0.758. The Morgan fingerprint density at radius 1 is 1.29 bits per heavy atom. The summed E-state index contributed by atoms with van der Waals surface area (Å²) in [5.74, 6) is -2.66. The van der Waals surface area contributed by atoms with Crippen molar-refractivity contribution in [2.24, 2.45) is 5.92 Å². The molecule has 0 radical (unpaired) electrons. The molecule has 2 aromatic rings. The molecule has 1 atom stereocenters. The van der Waals surface area contributed by atoms with E-state index in [-0.39, 0.29) is 0 Å². The minimum absolute atomic E-state index is 0.422. The highest BCUT2D eigenvalue weighted by atomic mass is 16.4. The van der Waals surface area contributed by atoms with Crippen molar-refractivity contribution in [3.05, 3.63) is 42.1 Å². The van der Waals surface area contributed by atoms with E-state index in [0.29, 0.717) is 0 Å². The molecule has 1 aliphatic rings. The minimum atomic E-state index is -1.12. The first-order valence-corrected chi connectivity index (χ1v) is 5.24. The van der Waals surface area contributed by atoms with Gasteiger partial charge < -0.3 is 5.11 Å². The normalized spacial score (nSPS) is 18.4. The highest BCUT2D eigenvalue weighted by Gasteiger charge is 2.28.